The van der Waals surface area contributed by atoms with E-state index in [2.05, 4.69) is 17.2 Å². The molecule has 5 heteroatoms. The predicted molar refractivity (Wildman–Crippen MR) is 65.2 cm³/mol. The number of carbonyl (C=O) groups excluding carboxylic acids is 1. The Bertz CT molecular complexity index is 354. The van der Waals surface area contributed by atoms with Crippen LogP contribution in [-0.2, 0) is 4.79 Å². The third-order valence-electron chi connectivity index (χ3n) is 2.24. The summed E-state index contributed by atoms with van der Waals surface area (Å²) < 4.78 is 0. The summed E-state index contributed by atoms with van der Waals surface area (Å²) in [6, 6.07) is 3.63. The van der Waals surface area contributed by atoms with E-state index in [4.69, 9.17) is 5.73 Å². The van der Waals surface area contributed by atoms with Gasteiger partial charge in [0, 0.05) is 31.5 Å². The number of nitrogens with zero attached hydrogens (tertiary/aromatic N) is 2. The molecule has 0 aliphatic heterocycles. The van der Waals surface area contributed by atoms with E-state index in [1.807, 2.05) is 11.0 Å². The fraction of sp³-hybridized carbons (Fsp3) is 0.455. The molecule has 1 rings (SSSR count). The van der Waals surface area contributed by atoms with Gasteiger partial charge in [0.25, 0.3) is 0 Å². The largest absolute Gasteiger partial charge is 0.384 e. The Labute approximate surface area is 95.7 Å². The van der Waals surface area contributed by atoms with Crippen molar-refractivity contribution < 1.29 is 4.79 Å². The second-order valence-corrected chi connectivity index (χ2v) is 3.53. The summed E-state index contributed by atoms with van der Waals surface area (Å²) in [5, 5.41) is 2.61. The van der Waals surface area contributed by atoms with Gasteiger partial charge in [0.05, 0.1) is 6.54 Å². The molecule has 0 bridgehead atoms. The van der Waals surface area contributed by atoms with Crippen LogP contribution in [0.2, 0.25) is 0 Å². The van der Waals surface area contributed by atoms with Gasteiger partial charge in [0.1, 0.15) is 5.82 Å². The minimum atomic E-state index is -0.0103. The van der Waals surface area contributed by atoms with E-state index < -0.39 is 0 Å². The zero-order chi connectivity index (χ0) is 12.0. The van der Waals surface area contributed by atoms with Crippen molar-refractivity contribution in [1.82, 2.24) is 10.3 Å². The summed E-state index contributed by atoms with van der Waals surface area (Å²) in [5.74, 6) is 0.458. The Morgan fingerprint density at radius 3 is 2.94 bits per heavy atom. The molecular weight excluding hydrogens is 204 g/mol. The van der Waals surface area contributed by atoms with Gasteiger partial charge in [0.15, 0.2) is 0 Å². The number of carbonyl (C=O) groups is 1. The van der Waals surface area contributed by atoms with E-state index in [1.54, 1.807) is 19.3 Å². The highest BCUT2D eigenvalue weighted by Gasteiger charge is 2.09. The molecule has 0 aromatic carbocycles. The van der Waals surface area contributed by atoms with E-state index in [0.29, 0.717) is 12.4 Å². The first kappa shape index (κ1) is 12.3. The van der Waals surface area contributed by atoms with Crippen molar-refractivity contribution >= 4 is 17.4 Å². The first-order valence-corrected chi connectivity index (χ1v) is 5.34. The fourth-order valence-corrected chi connectivity index (χ4v) is 1.46. The van der Waals surface area contributed by atoms with E-state index in [9.17, 15) is 4.79 Å². The maximum absolute atomic E-state index is 11.4. The average Bonchev–Trinajstić information content (AvgIpc) is 2.28. The van der Waals surface area contributed by atoms with Crippen molar-refractivity contribution in [3.8, 4) is 0 Å². The molecule has 0 aliphatic carbocycles. The fourth-order valence-electron chi connectivity index (χ4n) is 1.46. The van der Waals surface area contributed by atoms with Crippen LogP contribution in [0.5, 0.6) is 0 Å². The van der Waals surface area contributed by atoms with Gasteiger partial charge in [-0.25, -0.2) is 4.98 Å². The first-order valence-electron chi connectivity index (χ1n) is 5.34. The molecule has 0 radical (unpaired) electrons. The van der Waals surface area contributed by atoms with Crippen LogP contribution in [0.15, 0.2) is 18.3 Å². The minimum absolute atomic E-state index is 0.0103. The molecule has 0 atom stereocenters. The highest BCUT2D eigenvalue weighted by Crippen LogP contribution is 2.15. The van der Waals surface area contributed by atoms with Crippen molar-refractivity contribution in [3.05, 3.63) is 18.3 Å². The van der Waals surface area contributed by atoms with Crippen LogP contribution in [0.25, 0.3) is 0 Å². The molecule has 0 aliphatic rings. The second kappa shape index (κ2) is 5.95. The molecular formula is C11H18N4O. The molecule has 1 amide bonds. The lowest BCUT2D eigenvalue weighted by atomic mass is 10.3. The van der Waals surface area contributed by atoms with E-state index in [0.717, 1.165) is 18.7 Å². The molecule has 1 aromatic heterocycles. The van der Waals surface area contributed by atoms with Gasteiger partial charge in [0.2, 0.25) is 5.91 Å². The lowest BCUT2D eigenvalue weighted by Gasteiger charge is -2.23. The van der Waals surface area contributed by atoms with E-state index in [-0.39, 0.29) is 5.91 Å². The van der Waals surface area contributed by atoms with Crippen molar-refractivity contribution in [2.75, 3.05) is 30.8 Å². The zero-order valence-corrected chi connectivity index (χ0v) is 9.73. The SMILES string of the molecule is CCCN(CC(=O)NC)c1ccnc(N)c1. The number of nitrogens with two attached hydrogens (primary N) is 1. The van der Waals surface area contributed by atoms with Crippen LogP contribution in [0.4, 0.5) is 11.5 Å². The number of amides is 1. The maximum Gasteiger partial charge on any atom is 0.239 e. The lowest BCUT2D eigenvalue weighted by Crippen LogP contribution is -2.36. The van der Waals surface area contributed by atoms with Crippen molar-refractivity contribution in [2.24, 2.45) is 0 Å². The van der Waals surface area contributed by atoms with Gasteiger partial charge in [-0.1, -0.05) is 6.92 Å². The van der Waals surface area contributed by atoms with Gasteiger partial charge in [-0.2, -0.15) is 0 Å². The summed E-state index contributed by atoms with van der Waals surface area (Å²) in [6.45, 7) is 3.23. The van der Waals surface area contributed by atoms with Crippen LogP contribution < -0.4 is 16.0 Å². The van der Waals surface area contributed by atoms with Gasteiger partial charge >= 0.3 is 0 Å². The van der Waals surface area contributed by atoms with Gasteiger partial charge < -0.3 is 16.0 Å². The van der Waals surface area contributed by atoms with Crippen LogP contribution in [0.3, 0.4) is 0 Å². The normalized spacial score (nSPS) is 9.88. The van der Waals surface area contributed by atoms with Crippen LogP contribution in [0.1, 0.15) is 13.3 Å². The van der Waals surface area contributed by atoms with Gasteiger partial charge in [-0.15, -0.1) is 0 Å². The second-order valence-electron chi connectivity index (χ2n) is 3.53. The third-order valence-corrected chi connectivity index (χ3v) is 2.24. The molecule has 0 spiro atoms. The molecule has 16 heavy (non-hydrogen) atoms. The standard InChI is InChI=1S/C11H18N4O/c1-3-6-15(8-11(16)13-2)9-4-5-14-10(12)7-9/h4-5,7H,3,6,8H2,1-2H3,(H2,12,14)(H,13,16). The topological polar surface area (TPSA) is 71.2 Å². The van der Waals surface area contributed by atoms with E-state index >= 15 is 0 Å². The average molecular weight is 222 g/mol. The molecule has 0 saturated heterocycles. The molecule has 1 aromatic rings. The summed E-state index contributed by atoms with van der Waals surface area (Å²) in [7, 11) is 1.63. The predicted octanol–water partition coefficient (Wildman–Crippen LogP) is 0.626. The van der Waals surface area contributed by atoms with Crippen molar-refractivity contribution in [3.63, 3.8) is 0 Å². The van der Waals surface area contributed by atoms with Crippen molar-refractivity contribution in [2.45, 2.75) is 13.3 Å². The number of rotatable bonds is 5. The quantitative estimate of drug-likeness (QED) is 0.766. The summed E-state index contributed by atoms with van der Waals surface area (Å²) in [6.07, 6.45) is 2.62. The highest BCUT2D eigenvalue weighted by molar-refractivity contribution is 5.81. The number of aromatic nitrogens is 1. The first-order chi connectivity index (χ1) is 7.67. The smallest absolute Gasteiger partial charge is 0.239 e. The number of anilines is 2. The number of hydrogen-bond acceptors (Lipinski definition) is 4. The molecule has 0 unspecified atom stereocenters. The molecule has 88 valence electrons. The Kier molecular flexibility index (Phi) is 4.57. The van der Waals surface area contributed by atoms with Crippen LogP contribution in [0, 0.1) is 0 Å². The molecule has 3 N–H and O–H groups in total. The molecule has 1 heterocycles. The number of nitrogens with one attached hydrogen (secondary N) is 1. The lowest BCUT2D eigenvalue weighted by molar-refractivity contribution is -0.119. The minimum Gasteiger partial charge on any atom is -0.384 e. The number of nitrogen functional groups attached to an aromatic ring is 1. The number of likely N-dealkylation sites (N-methyl/N-ethyl adjacent to an activating group) is 1. The Morgan fingerprint density at radius 1 is 1.62 bits per heavy atom. The Morgan fingerprint density at radius 2 is 2.38 bits per heavy atom. The Hall–Kier alpha value is -1.78. The summed E-state index contributed by atoms with van der Waals surface area (Å²) >= 11 is 0. The maximum atomic E-state index is 11.4. The highest BCUT2D eigenvalue weighted by atomic mass is 16.1. The Balaban J connectivity index is 2.80. The summed E-state index contributed by atoms with van der Waals surface area (Å²) in [5.41, 5.74) is 6.55. The van der Waals surface area contributed by atoms with E-state index in [1.165, 1.54) is 0 Å². The monoisotopic (exact) mass is 222 g/mol. The summed E-state index contributed by atoms with van der Waals surface area (Å²) in [4.78, 5) is 17.3. The number of pyridine rings is 1. The van der Waals surface area contributed by atoms with Gasteiger partial charge in [-0.05, 0) is 12.5 Å². The molecule has 0 fully saturated rings. The van der Waals surface area contributed by atoms with Crippen molar-refractivity contribution in [1.29, 1.82) is 0 Å². The van der Waals surface area contributed by atoms with Crippen LogP contribution in [-0.4, -0.2) is 31.0 Å². The van der Waals surface area contributed by atoms with Crippen LogP contribution >= 0.6 is 0 Å². The molecule has 0 saturated carbocycles. The number of hydrogen-bond donors (Lipinski definition) is 2. The van der Waals surface area contributed by atoms with Gasteiger partial charge in [-0.3, -0.25) is 4.79 Å². The third kappa shape index (κ3) is 3.42. The zero-order valence-electron chi connectivity index (χ0n) is 9.73. The molecule has 5 nitrogen and oxygen atoms in total.